The lowest BCUT2D eigenvalue weighted by molar-refractivity contribution is -0.141. The number of carbonyl (C=O) groups is 1. The Hall–Kier alpha value is -3.24. The SMILES string of the molecule is CCOc1cc(OCCO)c(C(Nc2ccc(C#N)cc2)C(=O)OC)cc1CC. The number of nitriles is 1. The van der Waals surface area contributed by atoms with Crippen molar-refractivity contribution in [1.29, 1.82) is 5.26 Å². The summed E-state index contributed by atoms with van der Waals surface area (Å²) in [6, 6.07) is 11.6. The molecule has 7 nitrogen and oxygen atoms in total. The van der Waals surface area contributed by atoms with Crippen LogP contribution in [0.5, 0.6) is 11.5 Å². The molecule has 2 aromatic rings. The molecule has 0 amide bonds. The average Bonchev–Trinajstić information content (AvgIpc) is 2.76. The summed E-state index contributed by atoms with van der Waals surface area (Å²) in [5.41, 5.74) is 2.68. The number of carbonyl (C=O) groups excluding carboxylic acids is 1. The van der Waals surface area contributed by atoms with Gasteiger partial charge < -0.3 is 24.6 Å². The molecule has 0 saturated heterocycles. The zero-order valence-corrected chi connectivity index (χ0v) is 16.9. The molecular formula is C22H26N2O5. The molecule has 2 rings (SSSR count). The topological polar surface area (TPSA) is 101 Å². The van der Waals surface area contributed by atoms with E-state index in [9.17, 15) is 9.90 Å². The number of anilines is 1. The van der Waals surface area contributed by atoms with Crippen molar-refractivity contribution in [2.24, 2.45) is 0 Å². The van der Waals surface area contributed by atoms with Crippen molar-refractivity contribution >= 4 is 11.7 Å². The zero-order valence-electron chi connectivity index (χ0n) is 16.9. The second kappa shape index (κ2) is 10.9. The van der Waals surface area contributed by atoms with E-state index in [1.165, 1.54) is 7.11 Å². The number of benzene rings is 2. The summed E-state index contributed by atoms with van der Waals surface area (Å²) in [6.07, 6.45) is 0.702. The van der Waals surface area contributed by atoms with Gasteiger partial charge >= 0.3 is 5.97 Å². The van der Waals surface area contributed by atoms with Gasteiger partial charge in [-0.05, 0) is 49.2 Å². The van der Waals surface area contributed by atoms with Crippen LogP contribution in [-0.4, -0.2) is 38.0 Å². The van der Waals surface area contributed by atoms with E-state index in [0.29, 0.717) is 41.3 Å². The Morgan fingerprint density at radius 2 is 1.90 bits per heavy atom. The Morgan fingerprint density at radius 1 is 1.17 bits per heavy atom. The number of hydrogen-bond acceptors (Lipinski definition) is 7. The maximum atomic E-state index is 12.6. The zero-order chi connectivity index (χ0) is 21.2. The molecule has 7 heteroatoms. The molecule has 0 spiro atoms. The maximum Gasteiger partial charge on any atom is 0.333 e. The quantitative estimate of drug-likeness (QED) is 0.593. The molecule has 0 saturated carbocycles. The predicted molar refractivity (Wildman–Crippen MR) is 109 cm³/mol. The highest BCUT2D eigenvalue weighted by Crippen LogP contribution is 2.35. The van der Waals surface area contributed by atoms with Crippen LogP contribution >= 0.6 is 0 Å². The fourth-order valence-electron chi connectivity index (χ4n) is 2.89. The van der Waals surface area contributed by atoms with Crippen molar-refractivity contribution in [2.45, 2.75) is 26.3 Å². The summed E-state index contributed by atoms with van der Waals surface area (Å²) in [7, 11) is 1.32. The van der Waals surface area contributed by atoms with E-state index in [1.807, 2.05) is 19.9 Å². The summed E-state index contributed by atoms with van der Waals surface area (Å²) in [6.45, 7) is 4.30. The second-order valence-corrected chi connectivity index (χ2v) is 6.15. The Bertz CT molecular complexity index is 859. The number of esters is 1. The van der Waals surface area contributed by atoms with Crippen molar-refractivity contribution < 1.29 is 24.1 Å². The van der Waals surface area contributed by atoms with E-state index in [-0.39, 0.29) is 13.2 Å². The van der Waals surface area contributed by atoms with Gasteiger partial charge in [-0.25, -0.2) is 4.79 Å². The number of aliphatic hydroxyl groups excluding tert-OH is 1. The molecule has 0 aromatic heterocycles. The molecule has 1 unspecified atom stereocenters. The highest BCUT2D eigenvalue weighted by molar-refractivity contribution is 5.82. The van der Waals surface area contributed by atoms with Crippen LogP contribution in [0, 0.1) is 11.3 Å². The number of methoxy groups -OCH3 is 1. The molecule has 2 aromatic carbocycles. The number of hydrogen-bond donors (Lipinski definition) is 2. The third kappa shape index (κ3) is 5.62. The molecule has 0 aliphatic rings. The molecule has 0 fully saturated rings. The summed E-state index contributed by atoms with van der Waals surface area (Å²) in [5, 5.41) is 21.3. The minimum absolute atomic E-state index is 0.0782. The van der Waals surface area contributed by atoms with Gasteiger partial charge in [-0.3, -0.25) is 0 Å². The molecule has 29 heavy (non-hydrogen) atoms. The lowest BCUT2D eigenvalue weighted by atomic mass is 9.99. The molecule has 2 N–H and O–H groups in total. The highest BCUT2D eigenvalue weighted by atomic mass is 16.5. The van der Waals surface area contributed by atoms with E-state index < -0.39 is 12.0 Å². The van der Waals surface area contributed by atoms with Crippen LogP contribution in [0.2, 0.25) is 0 Å². The monoisotopic (exact) mass is 398 g/mol. The third-order valence-electron chi connectivity index (χ3n) is 4.30. The van der Waals surface area contributed by atoms with Crippen molar-refractivity contribution in [3.8, 4) is 17.6 Å². The number of nitrogens with one attached hydrogen (secondary N) is 1. The first-order valence-electron chi connectivity index (χ1n) is 9.45. The molecule has 0 bridgehead atoms. The van der Waals surface area contributed by atoms with Gasteiger partial charge in [0.1, 0.15) is 18.1 Å². The van der Waals surface area contributed by atoms with Gasteiger partial charge in [-0.2, -0.15) is 5.26 Å². The van der Waals surface area contributed by atoms with Gasteiger partial charge in [0.2, 0.25) is 0 Å². The van der Waals surface area contributed by atoms with Crippen LogP contribution in [0.4, 0.5) is 5.69 Å². The first kappa shape index (κ1) is 22.1. The smallest absolute Gasteiger partial charge is 0.333 e. The molecule has 0 aliphatic heterocycles. The van der Waals surface area contributed by atoms with Crippen LogP contribution in [0.1, 0.15) is 36.6 Å². The Morgan fingerprint density at radius 3 is 2.45 bits per heavy atom. The number of aliphatic hydroxyl groups is 1. The van der Waals surface area contributed by atoms with Gasteiger partial charge in [0, 0.05) is 17.3 Å². The predicted octanol–water partition coefficient (Wildman–Crippen LogP) is 3.22. The van der Waals surface area contributed by atoms with Crippen LogP contribution in [0.3, 0.4) is 0 Å². The van der Waals surface area contributed by atoms with Gasteiger partial charge in [0.15, 0.2) is 6.04 Å². The largest absolute Gasteiger partial charge is 0.493 e. The Balaban J connectivity index is 2.51. The summed E-state index contributed by atoms with van der Waals surface area (Å²) in [4.78, 5) is 12.6. The van der Waals surface area contributed by atoms with E-state index >= 15 is 0 Å². The number of aryl methyl sites for hydroxylation is 1. The van der Waals surface area contributed by atoms with Crippen molar-refractivity contribution in [2.75, 3.05) is 32.2 Å². The van der Waals surface area contributed by atoms with Gasteiger partial charge in [0.05, 0.1) is 32.0 Å². The highest BCUT2D eigenvalue weighted by Gasteiger charge is 2.27. The van der Waals surface area contributed by atoms with Crippen molar-refractivity contribution in [1.82, 2.24) is 0 Å². The fraction of sp³-hybridized carbons (Fsp3) is 0.364. The minimum Gasteiger partial charge on any atom is -0.493 e. The fourth-order valence-corrected chi connectivity index (χ4v) is 2.89. The van der Waals surface area contributed by atoms with Crippen LogP contribution in [0.15, 0.2) is 36.4 Å². The molecule has 0 aliphatic carbocycles. The van der Waals surface area contributed by atoms with E-state index in [0.717, 1.165) is 5.56 Å². The van der Waals surface area contributed by atoms with Crippen LogP contribution in [-0.2, 0) is 16.0 Å². The maximum absolute atomic E-state index is 12.6. The van der Waals surface area contributed by atoms with Crippen LogP contribution < -0.4 is 14.8 Å². The lowest BCUT2D eigenvalue weighted by Gasteiger charge is -2.23. The lowest BCUT2D eigenvalue weighted by Crippen LogP contribution is -2.23. The van der Waals surface area contributed by atoms with Gasteiger partial charge in [-0.15, -0.1) is 0 Å². The normalized spacial score (nSPS) is 11.3. The number of ether oxygens (including phenoxy) is 3. The summed E-state index contributed by atoms with van der Waals surface area (Å²) >= 11 is 0. The first-order chi connectivity index (χ1) is 14.1. The third-order valence-corrected chi connectivity index (χ3v) is 4.30. The summed E-state index contributed by atoms with van der Waals surface area (Å²) < 4.78 is 16.4. The molecular weight excluding hydrogens is 372 g/mol. The molecule has 154 valence electrons. The van der Waals surface area contributed by atoms with Gasteiger partial charge in [0.25, 0.3) is 0 Å². The average molecular weight is 398 g/mol. The second-order valence-electron chi connectivity index (χ2n) is 6.15. The molecule has 0 radical (unpaired) electrons. The van der Waals surface area contributed by atoms with Crippen molar-refractivity contribution in [3.63, 3.8) is 0 Å². The first-order valence-corrected chi connectivity index (χ1v) is 9.45. The van der Waals surface area contributed by atoms with E-state index in [1.54, 1.807) is 30.3 Å². The van der Waals surface area contributed by atoms with Crippen molar-refractivity contribution in [3.05, 3.63) is 53.1 Å². The number of nitrogens with zero attached hydrogens (tertiary/aromatic N) is 1. The summed E-state index contributed by atoms with van der Waals surface area (Å²) in [5.74, 6) is 0.611. The standard InChI is InChI=1S/C22H26N2O5/c1-4-16-12-18(20(29-11-10-25)13-19(16)28-5-2)21(22(26)27-3)24-17-8-6-15(14-23)7-9-17/h6-9,12-13,21,24-25H,4-5,10-11H2,1-3H3. The molecule has 0 heterocycles. The number of rotatable bonds is 10. The minimum atomic E-state index is -0.845. The van der Waals surface area contributed by atoms with Crippen LogP contribution in [0.25, 0.3) is 0 Å². The Labute approximate surface area is 170 Å². The Kier molecular flexibility index (Phi) is 8.31. The van der Waals surface area contributed by atoms with E-state index in [2.05, 4.69) is 11.4 Å². The molecule has 1 atom stereocenters. The van der Waals surface area contributed by atoms with E-state index in [4.69, 9.17) is 19.5 Å². The van der Waals surface area contributed by atoms with Gasteiger partial charge in [-0.1, -0.05) is 6.92 Å².